The number of aromatic amines is 1. The first kappa shape index (κ1) is 16.3. The maximum absolute atomic E-state index is 12.5. The van der Waals surface area contributed by atoms with E-state index in [1.165, 1.54) is 16.8 Å². The minimum absolute atomic E-state index is 0.154. The van der Waals surface area contributed by atoms with Crippen molar-refractivity contribution in [3.63, 3.8) is 0 Å². The normalized spacial score (nSPS) is 21.7. The summed E-state index contributed by atoms with van der Waals surface area (Å²) in [6.07, 6.45) is 7.31. The lowest BCUT2D eigenvalue weighted by molar-refractivity contribution is -0.123. The molecule has 4 rings (SSSR count). The summed E-state index contributed by atoms with van der Waals surface area (Å²) in [5.74, 6) is 0.703. The third-order valence-corrected chi connectivity index (χ3v) is 5.62. The zero-order chi connectivity index (χ0) is 17.1. The van der Waals surface area contributed by atoms with Crippen LogP contribution in [-0.4, -0.2) is 40.6 Å². The van der Waals surface area contributed by atoms with Crippen LogP contribution in [0.15, 0.2) is 36.5 Å². The Morgan fingerprint density at radius 1 is 1.20 bits per heavy atom. The lowest BCUT2D eigenvalue weighted by Gasteiger charge is -2.32. The van der Waals surface area contributed by atoms with Gasteiger partial charge in [-0.1, -0.05) is 24.3 Å². The first-order valence-electron chi connectivity index (χ1n) is 9.38. The second-order valence-electron chi connectivity index (χ2n) is 7.27. The molecule has 1 fully saturated rings. The van der Waals surface area contributed by atoms with E-state index >= 15 is 0 Å². The largest absolute Gasteiger partial charge is 0.348 e. The fourth-order valence-electron chi connectivity index (χ4n) is 4.24. The Hall–Kier alpha value is -2.14. The summed E-state index contributed by atoms with van der Waals surface area (Å²) in [4.78, 5) is 14.8. The quantitative estimate of drug-likeness (QED) is 0.901. The van der Waals surface area contributed by atoms with Crippen molar-refractivity contribution in [3.8, 4) is 0 Å². The van der Waals surface area contributed by atoms with Crippen molar-refractivity contribution in [2.75, 3.05) is 19.6 Å². The number of piperidine rings is 1. The first-order chi connectivity index (χ1) is 12.3. The Balaban J connectivity index is 1.29. The van der Waals surface area contributed by atoms with E-state index in [4.69, 9.17) is 0 Å². The molecule has 0 spiro atoms. The van der Waals surface area contributed by atoms with Crippen LogP contribution in [0.4, 0.5) is 0 Å². The van der Waals surface area contributed by atoms with Crippen LogP contribution in [0.25, 0.3) is 0 Å². The molecule has 0 bridgehead atoms. The Morgan fingerprint density at radius 2 is 2.04 bits per heavy atom. The summed E-state index contributed by atoms with van der Waals surface area (Å²) in [5.41, 5.74) is 3.92. The standard InChI is InChI=1S/C20H26N4O/c25-20(22-19-7-3-5-15-4-1-2-6-17(15)19)14-24-12-9-16(10-13-24)18-8-11-21-23-18/h1-2,4,6,8,11,16,19H,3,5,7,9-10,12-14H2,(H,21,23)(H,22,25)/t19-/m1/s1. The van der Waals surface area contributed by atoms with Gasteiger partial charge in [-0.25, -0.2) is 0 Å². The number of amides is 1. The molecule has 0 saturated carbocycles. The number of hydrogen-bond donors (Lipinski definition) is 2. The van der Waals surface area contributed by atoms with Gasteiger partial charge in [0.05, 0.1) is 12.6 Å². The maximum Gasteiger partial charge on any atom is 0.234 e. The monoisotopic (exact) mass is 338 g/mol. The van der Waals surface area contributed by atoms with Crippen LogP contribution in [0.3, 0.4) is 0 Å². The van der Waals surface area contributed by atoms with E-state index in [1.807, 2.05) is 6.20 Å². The average molecular weight is 338 g/mol. The van der Waals surface area contributed by atoms with Gasteiger partial charge in [-0.3, -0.25) is 14.8 Å². The van der Waals surface area contributed by atoms with Crippen LogP contribution < -0.4 is 5.32 Å². The van der Waals surface area contributed by atoms with Gasteiger partial charge in [-0.2, -0.15) is 5.10 Å². The van der Waals surface area contributed by atoms with E-state index in [1.54, 1.807) is 0 Å². The van der Waals surface area contributed by atoms with Gasteiger partial charge in [-0.05, 0) is 62.4 Å². The summed E-state index contributed by atoms with van der Waals surface area (Å²) in [7, 11) is 0. The fraction of sp³-hybridized carbons (Fsp3) is 0.500. The molecule has 2 aliphatic rings. The number of nitrogens with zero attached hydrogens (tertiary/aromatic N) is 2. The van der Waals surface area contributed by atoms with Gasteiger partial charge >= 0.3 is 0 Å². The number of carbonyl (C=O) groups is 1. The molecule has 1 aromatic heterocycles. The number of aryl methyl sites for hydroxylation is 1. The van der Waals surface area contributed by atoms with Crippen molar-refractivity contribution >= 4 is 5.91 Å². The van der Waals surface area contributed by atoms with Crippen LogP contribution in [0, 0.1) is 0 Å². The van der Waals surface area contributed by atoms with Crippen molar-refractivity contribution in [2.24, 2.45) is 0 Å². The summed E-state index contributed by atoms with van der Waals surface area (Å²) < 4.78 is 0. The molecule has 2 heterocycles. The van der Waals surface area contributed by atoms with Crippen molar-refractivity contribution in [1.82, 2.24) is 20.4 Å². The lowest BCUT2D eigenvalue weighted by Crippen LogP contribution is -2.42. The third-order valence-electron chi connectivity index (χ3n) is 5.62. The number of aromatic nitrogens is 2. The van der Waals surface area contributed by atoms with Gasteiger partial charge < -0.3 is 5.32 Å². The molecule has 2 aromatic rings. The number of hydrogen-bond acceptors (Lipinski definition) is 3. The fourth-order valence-corrected chi connectivity index (χ4v) is 4.24. The van der Waals surface area contributed by atoms with Crippen molar-refractivity contribution in [2.45, 2.75) is 44.1 Å². The molecule has 5 nitrogen and oxygen atoms in total. The number of H-pyrrole nitrogens is 1. The van der Waals surface area contributed by atoms with Crippen molar-refractivity contribution in [3.05, 3.63) is 53.3 Å². The highest BCUT2D eigenvalue weighted by Gasteiger charge is 2.25. The zero-order valence-corrected chi connectivity index (χ0v) is 14.6. The number of carbonyl (C=O) groups excluding carboxylic acids is 1. The second-order valence-corrected chi connectivity index (χ2v) is 7.27. The Labute approximate surface area is 148 Å². The smallest absolute Gasteiger partial charge is 0.234 e. The van der Waals surface area contributed by atoms with Gasteiger partial charge in [0.1, 0.15) is 0 Å². The summed E-state index contributed by atoms with van der Waals surface area (Å²) in [5, 5.41) is 10.4. The van der Waals surface area contributed by atoms with E-state index in [0.29, 0.717) is 12.5 Å². The molecule has 1 aromatic carbocycles. The van der Waals surface area contributed by atoms with Gasteiger partial charge in [-0.15, -0.1) is 0 Å². The van der Waals surface area contributed by atoms with E-state index in [2.05, 4.69) is 50.7 Å². The number of fused-ring (bicyclic) bond motifs is 1. The third kappa shape index (κ3) is 3.76. The molecule has 1 atom stereocenters. The van der Waals surface area contributed by atoms with E-state index in [9.17, 15) is 4.79 Å². The molecular weight excluding hydrogens is 312 g/mol. The summed E-state index contributed by atoms with van der Waals surface area (Å²) in [6.45, 7) is 2.45. The number of rotatable bonds is 4. The van der Waals surface area contributed by atoms with Crippen molar-refractivity contribution in [1.29, 1.82) is 0 Å². The highest BCUT2D eigenvalue weighted by atomic mass is 16.2. The van der Waals surface area contributed by atoms with Crippen LogP contribution in [-0.2, 0) is 11.2 Å². The highest BCUT2D eigenvalue weighted by molar-refractivity contribution is 5.78. The van der Waals surface area contributed by atoms with E-state index in [0.717, 1.165) is 45.2 Å². The SMILES string of the molecule is O=C(CN1CCC(c2ccn[nH]2)CC1)N[C@@H]1CCCc2ccccc21. The minimum atomic E-state index is 0.154. The van der Waals surface area contributed by atoms with Gasteiger partial charge in [0.25, 0.3) is 0 Å². The van der Waals surface area contributed by atoms with Gasteiger partial charge in [0, 0.05) is 17.8 Å². The predicted octanol–water partition coefficient (Wildman–Crippen LogP) is 2.78. The zero-order valence-electron chi connectivity index (χ0n) is 14.6. The Morgan fingerprint density at radius 3 is 2.84 bits per heavy atom. The first-order valence-corrected chi connectivity index (χ1v) is 9.38. The molecule has 0 radical (unpaired) electrons. The average Bonchev–Trinajstić information content (AvgIpc) is 3.17. The molecular formula is C20H26N4O. The molecule has 5 heteroatoms. The Bertz CT molecular complexity index is 704. The lowest BCUT2D eigenvalue weighted by atomic mass is 9.88. The van der Waals surface area contributed by atoms with Gasteiger partial charge in [0.2, 0.25) is 5.91 Å². The Kier molecular flexibility index (Phi) is 4.83. The molecule has 1 saturated heterocycles. The molecule has 25 heavy (non-hydrogen) atoms. The summed E-state index contributed by atoms with van der Waals surface area (Å²) >= 11 is 0. The van der Waals surface area contributed by atoms with Crippen LogP contribution in [0.5, 0.6) is 0 Å². The molecule has 1 aliphatic heterocycles. The molecule has 132 valence electrons. The van der Waals surface area contributed by atoms with Crippen LogP contribution in [0.2, 0.25) is 0 Å². The second kappa shape index (κ2) is 7.40. The number of benzene rings is 1. The number of nitrogens with one attached hydrogen (secondary N) is 2. The van der Waals surface area contributed by atoms with Crippen LogP contribution in [0.1, 0.15) is 54.5 Å². The molecule has 2 N–H and O–H groups in total. The minimum Gasteiger partial charge on any atom is -0.348 e. The van der Waals surface area contributed by atoms with Gasteiger partial charge in [0.15, 0.2) is 0 Å². The maximum atomic E-state index is 12.5. The van der Waals surface area contributed by atoms with E-state index < -0.39 is 0 Å². The highest BCUT2D eigenvalue weighted by Crippen LogP contribution is 2.29. The number of likely N-dealkylation sites (tertiary alicyclic amines) is 1. The summed E-state index contributed by atoms with van der Waals surface area (Å²) in [6, 6.07) is 10.8. The predicted molar refractivity (Wildman–Crippen MR) is 97.3 cm³/mol. The van der Waals surface area contributed by atoms with Crippen LogP contribution >= 0.6 is 0 Å². The topological polar surface area (TPSA) is 61.0 Å². The molecule has 1 aliphatic carbocycles. The van der Waals surface area contributed by atoms with Crippen molar-refractivity contribution < 1.29 is 4.79 Å². The molecule has 0 unspecified atom stereocenters. The molecule has 1 amide bonds. The van der Waals surface area contributed by atoms with E-state index in [-0.39, 0.29) is 11.9 Å².